The first kappa shape index (κ1) is 16.2. The van der Waals surface area contributed by atoms with Crippen molar-refractivity contribution in [3.8, 4) is 0 Å². The monoisotopic (exact) mass is 321 g/mol. The minimum absolute atomic E-state index is 0.303. The van der Waals surface area contributed by atoms with Gasteiger partial charge < -0.3 is 19.9 Å². The first-order chi connectivity index (χ1) is 11.2. The minimum Gasteiger partial charge on any atom is -0.373 e. The molecule has 0 amide bonds. The highest BCUT2D eigenvalue weighted by Crippen LogP contribution is 2.34. The Bertz CT molecular complexity index is 542. The van der Waals surface area contributed by atoms with E-state index in [9.17, 15) is 0 Å². The number of fused-ring (bicyclic) bond motifs is 2. The number of hydrogen-bond acceptors (Lipinski definition) is 5. The van der Waals surface area contributed by atoms with Crippen LogP contribution in [0.15, 0.2) is 9.52 Å². The van der Waals surface area contributed by atoms with Crippen molar-refractivity contribution in [2.24, 2.45) is 4.99 Å². The van der Waals surface area contributed by atoms with Crippen molar-refractivity contribution in [2.75, 3.05) is 13.6 Å². The molecular formula is C16H27N5O2. The Morgan fingerprint density at radius 3 is 2.87 bits per heavy atom. The Morgan fingerprint density at radius 2 is 2.26 bits per heavy atom. The summed E-state index contributed by atoms with van der Waals surface area (Å²) >= 11 is 0. The van der Waals surface area contributed by atoms with Gasteiger partial charge in [0, 0.05) is 25.9 Å². The fourth-order valence-electron chi connectivity index (χ4n) is 3.21. The number of nitrogens with one attached hydrogen (secondary N) is 2. The largest absolute Gasteiger partial charge is 0.373 e. The quantitative estimate of drug-likeness (QED) is 0.470. The first-order valence-electron chi connectivity index (χ1n) is 8.61. The van der Waals surface area contributed by atoms with E-state index in [1.54, 1.807) is 7.05 Å². The molecule has 1 aromatic rings. The predicted octanol–water partition coefficient (Wildman–Crippen LogP) is 1.61. The van der Waals surface area contributed by atoms with E-state index in [0.717, 1.165) is 44.0 Å². The molecule has 7 nitrogen and oxygen atoms in total. The number of aryl methyl sites for hydroxylation is 1. The maximum absolute atomic E-state index is 5.86. The summed E-state index contributed by atoms with van der Waals surface area (Å²) < 4.78 is 11.1. The number of guanidine groups is 1. The van der Waals surface area contributed by atoms with Gasteiger partial charge in [-0.2, -0.15) is 4.98 Å². The van der Waals surface area contributed by atoms with Gasteiger partial charge in [-0.1, -0.05) is 19.0 Å². The van der Waals surface area contributed by atoms with Crippen LogP contribution in [0, 0.1) is 0 Å². The number of nitrogens with zero attached hydrogens (tertiary/aromatic N) is 3. The maximum Gasteiger partial charge on any atom is 0.226 e. The molecule has 3 heterocycles. The molecule has 2 aliphatic rings. The van der Waals surface area contributed by atoms with Crippen LogP contribution in [0.4, 0.5) is 0 Å². The second-order valence-electron chi connectivity index (χ2n) is 6.66. The fraction of sp³-hybridized carbons (Fsp3) is 0.812. The van der Waals surface area contributed by atoms with Crippen LogP contribution in [0.25, 0.3) is 0 Å². The van der Waals surface area contributed by atoms with Gasteiger partial charge in [0.1, 0.15) is 0 Å². The summed E-state index contributed by atoms with van der Waals surface area (Å²) in [4.78, 5) is 8.68. The number of aromatic nitrogens is 2. The van der Waals surface area contributed by atoms with Crippen molar-refractivity contribution in [2.45, 2.75) is 70.1 Å². The molecule has 3 unspecified atom stereocenters. The molecule has 7 heteroatoms. The summed E-state index contributed by atoms with van der Waals surface area (Å²) in [6.07, 6.45) is 5.96. The zero-order chi connectivity index (χ0) is 16.2. The fourth-order valence-corrected chi connectivity index (χ4v) is 3.21. The highest BCUT2D eigenvalue weighted by molar-refractivity contribution is 5.80. The summed E-state index contributed by atoms with van der Waals surface area (Å²) in [5, 5.41) is 10.8. The molecule has 2 aliphatic heterocycles. The lowest BCUT2D eigenvalue weighted by Gasteiger charge is -2.22. The Kier molecular flexibility index (Phi) is 5.15. The molecule has 0 spiro atoms. The predicted molar refractivity (Wildman–Crippen MR) is 87.5 cm³/mol. The van der Waals surface area contributed by atoms with Crippen molar-refractivity contribution < 1.29 is 9.26 Å². The number of ether oxygens (including phenoxy) is 1. The van der Waals surface area contributed by atoms with Gasteiger partial charge in [-0.15, -0.1) is 0 Å². The smallest absolute Gasteiger partial charge is 0.226 e. The number of aliphatic imine (C=N–C) groups is 1. The number of hydrogen-bond donors (Lipinski definition) is 2. The van der Waals surface area contributed by atoms with Crippen LogP contribution in [-0.4, -0.2) is 47.9 Å². The molecule has 3 rings (SSSR count). The molecule has 2 saturated heterocycles. The van der Waals surface area contributed by atoms with E-state index < -0.39 is 0 Å². The van der Waals surface area contributed by atoms with Gasteiger partial charge in [0.25, 0.3) is 0 Å². The van der Waals surface area contributed by atoms with E-state index in [-0.39, 0.29) is 0 Å². The summed E-state index contributed by atoms with van der Waals surface area (Å²) in [6.45, 7) is 4.94. The summed E-state index contributed by atoms with van der Waals surface area (Å²) in [5.74, 6) is 2.64. The molecule has 2 N–H and O–H groups in total. The van der Waals surface area contributed by atoms with Gasteiger partial charge in [-0.05, 0) is 25.7 Å². The van der Waals surface area contributed by atoms with E-state index in [1.807, 2.05) is 0 Å². The van der Waals surface area contributed by atoms with Crippen LogP contribution in [0.5, 0.6) is 0 Å². The van der Waals surface area contributed by atoms with E-state index >= 15 is 0 Å². The van der Waals surface area contributed by atoms with Gasteiger partial charge in [0.15, 0.2) is 11.8 Å². The molecule has 1 aromatic heterocycles. The molecule has 0 aliphatic carbocycles. The minimum atomic E-state index is 0.303. The molecule has 23 heavy (non-hydrogen) atoms. The normalized spacial score (nSPS) is 27.0. The van der Waals surface area contributed by atoms with Crippen LogP contribution in [0.3, 0.4) is 0 Å². The second kappa shape index (κ2) is 7.29. The third-order valence-electron chi connectivity index (χ3n) is 4.51. The lowest BCUT2D eigenvalue weighted by molar-refractivity contribution is 0.0992. The van der Waals surface area contributed by atoms with Crippen molar-refractivity contribution in [1.29, 1.82) is 0 Å². The zero-order valence-electron chi connectivity index (χ0n) is 14.2. The van der Waals surface area contributed by atoms with Gasteiger partial charge in [0.2, 0.25) is 5.89 Å². The zero-order valence-corrected chi connectivity index (χ0v) is 14.2. The van der Waals surface area contributed by atoms with Crippen LogP contribution in [-0.2, 0) is 11.2 Å². The lowest BCUT2D eigenvalue weighted by Crippen LogP contribution is -2.47. The van der Waals surface area contributed by atoms with Gasteiger partial charge in [0.05, 0.1) is 18.2 Å². The van der Waals surface area contributed by atoms with E-state index in [2.05, 4.69) is 39.6 Å². The lowest BCUT2D eigenvalue weighted by atomic mass is 9.96. The second-order valence-corrected chi connectivity index (χ2v) is 6.66. The van der Waals surface area contributed by atoms with Crippen molar-refractivity contribution >= 4 is 5.96 Å². The maximum atomic E-state index is 5.86. The SMILES string of the molecule is CN=C(NCCCc1nc(C(C)C)no1)NC1CC2CCC1O2. The summed E-state index contributed by atoms with van der Waals surface area (Å²) in [6, 6.07) is 0.393. The Labute approximate surface area is 137 Å². The van der Waals surface area contributed by atoms with Crippen LogP contribution < -0.4 is 10.6 Å². The van der Waals surface area contributed by atoms with Gasteiger partial charge >= 0.3 is 0 Å². The standard InChI is InChI=1S/C16H27N5O2/c1-10(2)15-20-14(23-21-15)5-4-8-18-16(17-3)19-12-9-11-6-7-13(12)22-11/h10-13H,4-9H2,1-3H3,(H2,17,18,19). The molecular weight excluding hydrogens is 294 g/mol. The van der Waals surface area contributed by atoms with Crippen LogP contribution in [0.2, 0.25) is 0 Å². The average Bonchev–Trinajstić information content (AvgIpc) is 3.26. The first-order valence-corrected chi connectivity index (χ1v) is 8.61. The third-order valence-corrected chi connectivity index (χ3v) is 4.51. The Morgan fingerprint density at radius 1 is 1.39 bits per heavy atom. The van der Waals surface area contributed by atoms with Crippen LogP contribution in [0.1, 0.15) is 57.2 Å². The molecule has 0 radical (unpaired) electrons. The van der Waals surface area contributed by atoms with Gasteiger partial charge in [-0.3, -0.25) is 4.99 Å². The highest BCUT2D eigenvalue weighted by Gasteiger charge is 2.41. The topological polar surface area (TPSA) is 84.6 Å². The highest BCUT2D eigenvalue weighted by atomic mass is 16.5. The van der Waals surface area contributed by atoms with Crippen molar-refractivity contribution in [3.63, 3.8) is 0 Å². The van der Waals surface area contributed by atoms with E-state index in [4.69, 9.17) is 9.26 Å². The molecule has 128 valence electrons. The Balaban J connectivity index is 1.37. The number of rotatable bonds is 6. The van der Waals surface area contributed by atoms with Crippen molar-refractivity contribution in [1.82, 2.24) is 20.8 Å². The molecule has 0 aromatic carbocycles. The van der Waals surface area contributed by atoms with E-state index in [1.165, 1.54) is 6.42 Å². The summed E-state index contributed by atoms with van der Waals surface area (Å²) in [7, 11) is 1.80. The molecule has 2 fully saturated rings. The average molecular weight is 321 g/mol. The molecule has 0 saturated carbocycles. The van der Waals surface area contributed by atoms with Crippen molar-refractivity contribution in [3.05, 3.63) is 11.7 Å². The molecule has 3 atom stereocenters. The molecule has 2 bridgehead atoms. The summed E-state index contributed by atoms with van der Waals surface area (Å²) in [5.41, 5.74) is 0. The van der Waals surface area contributed by atoms with Gasteiger partial charge in [-0.25, -0.2) is 0 Å². The Hall–Kier alpha value is -1.63. The van der Waals surface area contributed by atoms with E-state index in [0.29, 0.717) is 30.1 Å². The van der Waals surface area contributed by atoms with Crippen LogP contribution >= 0.6 is 0 Å². The third kappa shape index (κ3) is 4.02.